The van der Waals surface area contributed by atoms with Crippen molar-refractivity contribution in [2.75, 3.05) is 20.2 Å². The Labute approximate surface area is 168 Å². The Balaban J connectivity index is 0.00000312. The number of hydrogen-bond acceptors (Lipinski definition) is 2. The van der Waals surface area contributed by atoms with E-state index in [0.717, 1.165) is 37.6 Å². The van der Waals surface area contributed by atoms with Gasteiger partial charge in [0.2, 0.25) is 0 Å². The molecule has 2 N–H and O–H groups in total. The molecule has 0 atom stereocenters. The summed E-state index contributed by atoms with van der Waals surface area (Å²) in [4.78, 5) is 4.63. The van der Waals surface area contributed by atoms with Crippen molar-refractivity contribution in [1.82, 2.24) is 10.6 Å². The first-order chi connectivity index (χ1) is 11.8. The van der Waals surface area contributed by atoms with Crippen LogP contribution in [0.2, 0.25) is 0 Å². The molecule has 136 valence electrons. The second kappa shape index (κ2) is 12.6. The van der Waals surface area contributed by atoms with Crippen LogP contribution in [0.4, 0.5) is 0 Å². The van der Waals surface area contributed by atoms with Gasteiger partial charge in [0.05, 0.1) is 13.7 Å². The lowest BCUT2D eigenvalue weighted by atomic mass is 10.1. The molecule has 2 aromatic rings. The van der Waals surface area contributed by atoms with E-state index in [1.54, 1.807) is 7.11 Å². The molecule has 25 heavy (non-hydrogen) atoms. The number of nitrogens with one attached hydrogen (secondary N) is 2. The molecular formula is C20H28IN3O. The second-order valence-electron chi connectivity index (χ2n) is 5.56. The third-order valence-electron chi connectivity index (χ3n) is 3.70. The molecule has 0 fully saturated rings. The summed E-state index contributed by atoms with van der Waals surface area (Å²) < 4.78 is 5.18. The Hall–Kier alpha value is -1.76. The molecule has 4 nitrogen and oxygen atoms in total. The van der Waals surface area contributed by atoms with E-state index in [-0.39, 0.29) is 24.0 Å². The number of nitrogens with zero attached hydrogens (tertiary/aromatic N) is 1. The molecule has 0 radical (unpaired) electrons. The Morgan fingerprint density at radius 1 is 0.960 bits per heavy atom. The van der Waals surface area contributed by atoms with Crippen molar-refractivity contribution in [3.63, 3.8) is 0 Å². The second-order valence-corrected chi connectivity index (χ2v) is 5.56. The maximum atomic E-state index is 5.18. The minimum absolute atomic E-state index is 0. The van der Waals surface area contributed by atoms with E-state index in [9.17, 15) is 0 Å². The molecule has 0 aliphatic heterocycles. The third kappa shape index (κ3) is 8.25. The van der Waals surface area contributed by atoms with Gasteiger partial charge in [0.1, 0.15) is 5.75 Å². The normalized spacial score (nSPS) is 10.7. The van der Waals surface area contributed by atoms with E-state index < -0.39 is 0 Å². The van der Waals surface area contributed by atoms with E-state index in [4.69, 9.17) is 4.74 Å². The number of aryl methyl sites for hydroxylation is 1. The van der Waals surface area contributed by atoms with Crippen molar-refractivity contribution in [3.8, 4) is 5.75 Å². The lowest BCUT2D eigenvalue weighted by Gasteiger charge is -2.11. The zero-order valence-electron chi connectivity index (χ0n) is 15.0. The highest BCUT2D eigenvalue weighted by Crippen LogP contribution is 2.12. The monoisotopic (exact) mass is 453 g/mol. The van der Waals surface area contributed by atoms with Gasteiger partial charge in [0.15, 0.2) is 5.96 Å². The fraction of sp³-hybridized carbons (Fsp3) is 0.350. The number of guanidine groups is 1. The average Bonchev–Trinajstić information content (AvgIpc) is 2.64. The number of hydrogen-bond donors (Lipinski definition) is 2. The molecule has 2 rings (SSSR count). The predicted octanol–water partition coefficient (Wildman–Crippen LogP) is 4.00. The largest absolute Gasteiger partial charge is 0.497 e. The number of halogens is 1. The molecule has 0 aromatic heterocycles. The van der Waals surface area contributed by atoms with Crippen LogP contribution in [0, 0.1) is 0 Å². The minimum atomic E-state index is 0. The van der Waals surface area contributed by atoms with Crippen molar-refractivity contribution in [3.05, 3.63) is 65.7 Å². The molecule has 0 saturated heterocycles. The summed E-state index contributed by atoms with van der Waals surface area (Å²) >= 11 is 0. The SMILES string of the molecule is CCNC(=NCc1ccccc1)NCCCc1ccc(OC)cc1.I. The smallest absolute Gasteiger partial charge is 0.191 e. The fourth-order valence-corrected chi connectivity index (χ4v) is 2.39. The van der Waals surface area contributed by atoms with Crippen molar-refractivity contribution in [2.24, 2.45) is 4.99 Å². The van der Waals surface area contributed by atoms with Gasteiger partial charge < -0.3 is 15.4 Å². The highest BCUT2D eigenvalue weighted by atomic mass is 127. The number of benzene rings is 2. The molecule has 0 saturated carbocycles. The quantitative estimate of drug-likeness (QED) is 0.275. The Bertz CT molecular complexity index is 615. The van der Waals surface area contributed by atoms with Gasteiger partial charge in [-0.15, -0.1) is 24.0 Å². The van der Waals surface area contributed by atoms with Gasteiger partial charge in [0, 0.05) is 13.1 Å². The van der Waals surface area contributed by atoms with Crippen LogP contribution in [0.15, 0.2) is 59.6 Å². The molecule has 0 bridgehead atoms. The summed E-state index contributed by atoms with van der Waals surface area (Å²) in [6, 6.07) is 18.5. The molecule has 0 spiro atoms. The van der Waals surface area contributed by atoms with Crippen LogP contribution >= 0.6 is 24.0 Å². The molecule has 0 amide bonds. The van der Waals surface area contributed by atoms with Crippen molar-refractivity contribution < 1.29 is 4.74 Å². The first kappa shape index (κ1) is 21.3. The van der Waals surface area contributed by atoms with Crippen molar-refractivity contribution in [1.29, 1.82) is 0 Å². The van der Waals surface area contributed by atoms with Gasteiger partial charge in [0.25, 0.3) is 0 Å². The average molecular weight is 453 g/mol. The lowest BCUT2D eigenvalue weighted by Crippen LogP contribution is -2.37. The highest BCUT2D eigenvalue weighted by Gasteiger charge is 1.99. The Morgan fingerprint density at radius 3 is 2.32 bits per heavy atom. The first-order valence-corrected chi connectivity index (χ1v) is 8.51. The van der Waals surface area contributed by atoms with Crippen LogP contribution in [0.5, 0.6) is 5.75 Å². The van der Waals surface area contributed by atoms with Crippen molar-refractivity contribution >= 4 is 29.9 Å². The number of aliphatic imine (C=N–C) groups is 1. The first-order valence-electron chi connectivity index (χ1n) is 8.51. The van der Waals surface area contributed by atoms with Gasteiger partial charge in [-0.2, -0.15) is 0 Å². The Morgan fingerprint density at radius 2 is 1.68 bits per heavy atom. The lowest BCUT2D eigenvalue weighted by molar-refractivity contribution is 0.414. The van der Waals surface area contributed by atoms with Crippen LogP contribution in [-0.2, 0) is 13.0 Å². The number of methoxy groups -OCH3 is 1. The maximum Gasteiger partial charge on any atom is 0.191 e. The topological polar surface area (TPSA) is 45.7 Å². The number of ether oxygens (including phenoxy) is 1. The summed E-state index contributed by atoms with van der Waals surface area (Å²) in [5.41, 5.74) is 2.54. The zero-order valence-corrected chi connectivity index (χ0v) is 17.3. The van der Waals surface area contributed by atoms with Crippen LogP contribution in [-0.4, -0.2) is 26.2 Å². The van der Waals surface area contributed by atoms with E-state index in [1.807, 2.05) is 30.3 Å². The predicted molar refractivity (Wildman–Crippen MR) is 116 cm³/mol. The summed E-state index contributed by atoms with van der Waals surface area (Å²) in [6.07, 6.45) is 2.09. The standard InChI is InChI=1S/C20H27N3O.HI/c1-3-21-20(23-16-18-8-5-4-6-9-18)22-15-7-10-17-11-13-19(24-2)14-12-17;/h4-6,8-9,11-14H,3,7,10,15-16H2,1-2H3,(H2,21,22,23);1H. The molecule has 2 aromatic carbocycles. The van der Waals surface area contributed by atoms with Gasteiger partial charge in [-0.25, -0.2) is 4.99 Å². The zero-order chi connectivity index (χ0) is 17.0. The molecule has 0 aliphatic rings. The summed E-state index contributed by atoms with van der Waals surface area (Å²) in [5, 5.41) is 6.69. The van der Waals surface area contributed by atoms with E-state index in [1.165, 1.54) is 11.1 Å². The van der Waals surface area contributed by atoms with Crippen LogP contribution in [0.25, 0.3) is 0 Å². The van der Waals surface area contributed by atoms with Crippen LogP contribution in [0.3, 0.4) is 0 Å². The summed E-state index contributed by atoms with van der Waals surface area (Å²) in [5.74, 6) is 1.77. The summed E-state index contributed by atoms with van der Waals surface area (Å²) in [7, 11) is 1.69. The van der Waals surface area contributed by atoms with E-state index in [0.29, 0.717) is 6.54 Å². The van der Waals surface area contributed by atoms with E-state index >= 15 is 0 Å². The Kier molecular flexibility index (Phi) is 10.7. The van der Waals surface area contributed by atoms with Gasteiger partial charge in [-0.3, -0.25) is 0 Å². The summed E-state index contributed by atoms with van der Waals surface area (Å²) in [6.45, 7) is 4.53. The van der Waals surface area contributed by atoms with Crippen LogP contribution < -0.4 is 15.4 Å². The van der Waals surface area contributed by atoms with Crippen molar-refractivity contribution in [2.45, 2.75) is 26.3 Å². The third-order valence-corrected chi connectivity index (χ3v) is 3.70. The van der Waals surface area contributed by atoms with Crippen LogP contribution in [0.1, 0.15) is 24.5 Å². The molecule has 5 heteroatoms. The maximum absolute atomic E-state index is 5.18. The fourth-order valence-electron chi connectivity index (χ4n) is 2.39. The minimum Gasteiger partial charge on any atom is -0.497 e. The van der Waals surface area contributed by atoms with Gasteiger partial charge in [-0.1, -0.05) is 42.5 Å². The molecule has 0 heterocycles. The highest BCUT2D eigenvalue weighted by molar-refractivity contribution is 14.0. The number of rotatable bonds is 8. The molecule has 0 unspecified atom stereocenters. The van der Waals surface area contributed by atoms with Gasteiger partial charge >= 0.3 is 0 Å². The van der Waals surface area contributed by atoms with Gasteiger partial charge in [-0.05, 0) is 43.0 Å². The molecule has 0 aliphatic carbocycles. The van der Waals surface area contributed by atoms with E-state index in [2.05, 4.69) is 46.8 Å². The molecular weight excluding hydrogens is 425 g/mol.